The highest BCUT2D eigenvalue weighted by atomic mass is 16.6. The number of aromatic nitrogens is 3. The topological polar surface area (TPSA) is 80.3 Å². The molecule has 3 heterocycles. The van der Waals surface area contributed by atoms with Crippen molar-refractivity contribution in [3.63, 3.8) is 0 Å². The zero-order valence-corrected chi connectivity index (χ0v) is 21.0. The lowest BCUT2D eigenvalue weighted by Gasteiger charge is -2.24. The number of nitrogens with one attached hydrogen (secondary N) is 1. The first-order valence-electron chi connectivity index (χ1n) is 11.8. The monoisotopic (exact) mass is 472 g/mol. The van der Waals surface area contributed by atoms with E-state index < -0.39 is 5.60 Å². The third-order valence-electron chi connectivity index (χ3n) is 5.67. The maximum atomic E-state index is 12.3. The number of hydrogen-bond acceptors (Lipinski definition) is 5. The summed E-state index contributed by atoms with van der Waals surface area (Å²) in [5.74, 6) is 0.631. The molecule has 0 bridgehead atoms. The highest BCUT2D eigenvalue weighted by Crippen LogP contribution is 2.41. The number of hydrogen-bond donors (Lipinski definition) is 1. The lowest BCUT2D eigenvalue weighted by molar-refractivity contribution is 0.0278. The van der Waals surface area contributed by atoms with Crippen LogP contribution in [-0.2, 0) is 11.2 Å². The zero-order chi connectivity index (χ0) is 25.0. The molecule has 0 unspecified atom stereocenters. The van der Waals surface area contributed by atoms with Gasteiger partial charge in [-0.25, -0.2) is 4.79 Å². The van der Waals surface area contributed by atoms with Gasteiger partial charge in [0.2, 0.25) is 0 Å². The number of aryl methyl sites for hydroxylation is 1. The number of pyridine rings is 2. The largest absolute Gasteiger partial charge is 0.489 e. The Labute approximate surface area is 206 Å². The number of carbonyl (C=O) groups is 1. The van der Waals surface area contributed by atoms with E-state index in [9.17, 15) is 4.79 Å². The number of amides is 1. The maximum absolute atomic E-state index is 12.3. The zero-order valence-electron chi connectivity index (χ0n) is 21.0. The van der Waals surface area contributed by atoms with Gasteiger partial charge in [0.15, 0.2) is 0 Å². The number of nitrogens with zero attached hydrogens (tertiary/aromatic N) is 3. The van der Waals surface area contributed by atoms with E-state index in [2.05, 4.69) is 41.2 Å². The second kappa shape index (κ2) is 10.2. The second-order valence-electron chi connectivity index (χ2n) is 9.41. The van der Waals surface area contributed by atoms with Crippen LogP contribution in [0.2, 0.25) is 0 Å². The van der Waals surface area contributed by atoms with Crippen LogP contribution in [0.4, 0.5) is 4.79 Å². The summed E-state index contributed by atoms with van der Waals surface area (Å²) in [4.78, 5) is 26.3. The predicted octanol–water partition coefficient (Wildman–Crippen LogP) is 6.10. The van der Waals surface area contributed by atoms with Gasteiger partial charge in [0.1, 0.15) is 18.0 Å². The van der Waals surface area contributed by atoms with Crippen molar-refractivity contribution in [3.8, 4) is 28.1 Å². The Morgan fingerprint density at radius 3 is 2.63 bits per heavy atom. The number of likely N-dealkylation sites (N-methyl/N-ethyl adjacent to an activating group) is 1. The molecule has 4 aromatic rings. The summed E-state index contributed by atoms with van der Waals surface area (Å²) in [6, 6.07) is 14.3. The van der Waals surface area contributed by atoms with Crippen LogP contribution in [0.15, 0.2) is 61.1 Å². The highest BCUT2D eigenvalue weighted by molar-refractivity contribution is 6.02. The van der Waals surface area contributed by atoms with Gasteiger partial charge in [0.25, 0.3) is 0 Å². The number of fused-ring (bicyclic) bond motifs is 1. The molecule has 0 spiro atoms. The number of rotatable bonds is 7. The summed E-state index contributed by atoms with van der Waals surface area (Å²) in [5, 5.41) is 0. The quantitative estimate of drug-likeness (QED) is 0.351. The molecule has 4 rings (SSSR count). The van der Waals surface area contributed by atoms with Gasteiger partial charge < -0.3 is 19.4 Å². The minimum absolute atomic E-state index is 0.299. The molecule has 0 fully saturated rings. The van der Waals surface area contributed by atoms with Gasteiger partial charge >= 0.3 is 6.09 Å². The van der Waals surface area contributed by atoms with Crippen molar-refractivity contribution in [2.24, 2.45) is 0 Å². The molecule has 35 heavy (non-hydrogen) atoms. The van der Waals surface area contributed by atoms with Crippen molar-refractivity contribution in [3.05, 3.63) is 66.6 Å². The Bertz CT molecular complexity index is 1320. The third kappa shape index (κ3) is 5.45. The van der Waals surface area contributed by atoms with Gasteiger partial charge in [-0.05, 0) is 56.5 Å². The van der Waals surface area contributed by atoms with E-state index in [1.807, 2.05) is 45.2 Å². The van der Waals surface area contributed by atoms with Crippen LogP contribution in [0.5, 0.6) is 5.75 Å². The second-order valence-corrected chi connectivity index (χ2v) is 9.41. The molecule has 1 N–H and O–H groups in total. The van der Waals surface area contributed by atoms with E-state index in [1.165, 1.54) is 10.5 Å². The number of aromatic amines is 1. The van der Waals surface area contributed by atoms with Crippen LogP contribution in [-0.4, -0.2) is 51.7 Å². The van der Waals surface area contributed by atoms with Crippen LogP contribution in [0.1, 0.15) is 33.3 Å². The SMILES string of the molecule is CCc1ccccc1-c1c(-c2ccncc2OCCN(C)C(=O)OC(C)(C)C)[nH]c2cccnc12. The highest BCUT2D eigenvalue weighted by Gasteiger charge is 2.22. The molecule has 0 aliphatic heterocycles. The summed E-state index contributed by atoms with van der Waals surface area (Å²) < 4.78 is 11.6. The predicted molar refractivity (Wildman–Crippen MR) is 138 cm³/mol. The van der Waals surface area contributed by atoms with Crippen molar-refractivity contribution < 1.29 is 14.3 Å². The van der Waals surface area contributed by atoms with E-state index in [0.29, 0.717) is 18.9 Å². The van der Waals surface area contributed by atoms with E-state index in [4.69, 9.17) is 14.5 Å². The van der Waals surface area contributed by atoms with Crippen LogP contribution < -0.4 is 4.74 Å². The summed E-state index contributed by atoms with van der Waals surface area (Å²) >= 11 is 0. The van der Waals surface area contributed by atoms with Crippen molar-refractivity contribution >= 4 is 17.1 Å². The van der Waals surface area contributed by atoms with E-state index in [0.717, 1.165) is 39.8 Å². The molecule has 0 saturated heterocycles. The van der Waals surface area contributed by atoms with Crippen LogP contribution in [0, 0.1) is 0 Å². The molecule has 0 atom stereocenters. The fraction of sp³-hybridized carbons (Fsp3) is 0.321. The Hall–Kier alpha value is -3.87. The van der Waals surface area contributed by atoms with Crippen molar-refractivity contribution in [2.75, 3.05) is 20.2 Å². The smallest absolute Gasteiger partial charge is 0.410 e. The van der Waals surface area contributed by atoms with Crippen molar-refractivity contribution in [1.82, 2.24) is 19.9 Å². The summed E-state index contributed by atoms with van der Waals surface area (Å²) in [5.41, 5.74) is 6.57. The first kappa shape index (κ1) is 24.3. The molecule has 7 heteroatoms. The maximum Gasteiger partial charge on any atom is 0.410 e. The summed E-state index contributed by atoms with van der Waals surface area (Å²) in [6.07, 6.45) is 5.80. The number of benzene rings is 1. The molecule has 3 aromatic heterocycles. The first-order chi connectivity index (χ1) is 16.8. The molecule has 0 aliphatic rings. The molecule has 1 amide bonds. The fourth-order valence-electron chi connectivity index (χ4n) is 3.98. The minimum atomic E-state index is -0.544. The summed E-state index contributed by atoms with van der Waals surface area (Å²) in [6.45, 7) is 8.38. The van der Waals surface area contributed by atoms with E-state index in [-0.39, 0.29) is 6.09 Å². The molecule has 1 aromatic carbocycles. The third-order valence-corrected chi connectivity index (χ3v) is 5.67. The molecule has 0 saturated carbocycles. The van der Waals surface area contributed by atoms with Gasteiger partial charge in [0, 0.05) is 30.6 Å². The standard InChI is InChI=1S/C28H32N4O3/c1-6-19-10-7-8-11-20(19)24-25(31-22-12-9-14-30-26(22)24)21-13-15-29-18-23(21)34-17-16-32(5)27(33)35-28(2,3)4/h7-15,18,31H,6,16-17H2,1-5H3. The molecule has 0 radical (unpaired) electrons. The molecular formula is C28H32N4O3. The Morgan fingerprint density at radius 2 is 1.86 bits per heavy atom. The molecular weight excluding hydrogens is 440 g/mol. The van der Waals surface area contributed by atoms with Crippen molar-refractivity contribution in [1.29, 1.82) is 0 Å². The number of H-pyrrole nitrogens is 1. The van der Waals surface area contributed by atoms with Gasteiger partial charge in [0.05, 0.1) is 29.5 Å². The van der Waals surface area contributed by atoms with Gasteiger partial charge in [-0.2, -0.15) is 0 Å². The van der Waals surface area contributed by atoms with Gasteiger partial charge in [-0.1, -0.05) is 31.2 Å². The van der Waals surface area contributed by atoms with Crippen LogP contribution >= 0.6 is 0 Å². The molecule has 182 valence electrons. The Morgan fingerprint density at radius 1 is 1.06 bits per heavy atom. The Kier molecular flexibility index (Phi) is 7.05. The Balaban J connectivity index is 1.67. The molecule has 0 aliphatic carbocycles. The average molecular weight is 473 g/mol. The first-order valence-corrected chi connectivity index (χ1v) is 11.8. The van der Waals surface area contributed by atoms with E-state index in [1.54, 1.807) is 19.4 Å². The average Bonchev–Trinajstić information content (AvgIpc) is 3.22. The summed E-state index contributed by atoms with van der Waals surface area (Å²) in [7, 11) is 1.70. The lowest BCUT2D eigenvalue weighted by atomic mass is 9.95. The normalized spacial score (nSPS) is 11.5. The van der Waals surface area contributed by atoms with E-state index >= 15 is 0 Å². The lowest BCUT2D eigenvalue weighted by Crippen LogP contribution is -2.36. The fourth-order valence-corrected chi connectivity index (χ4v) is 3.98. The minimum Gasteiger partial charge on any atom is -0.489 e. The number of ether oxygens (including phenoxy) is 2. The van der Waals surface area contributed by atoms with Crippen molar-refractivity contribution in [2.45, 2.75) is 39.7 Å². The van der Waals surface area contributed by atoms with Crippen LogP contribution in [0.3, 0.4) is 0 Å². The van der Waals surface area contributed by atoms with Gasteiger partial charge in [-0.15, -0.1) is 0 Å². The van der Waals surface area contributed by atoms with Gasteiger partial charge in [-0.3, -0.25) is 9.97 Å². The molecule has 7 nitrogen and oxygen atoms in total. The number of carbonyl (C=O) groups excluding carboxylic acids is 1. The van der Waals surface area contributed by atoms with Crippen LogP contribution in [0.25, 0.3) is 33.4 Å².